The Labute approximate surface area is 84.3 Å². The average molecular weight is 190 g/mol. The first-order valence-electron chi connectivity index (χ1n) is 3.80. The van der Waals surface area contributed by atoms with Crippen molar-refractivity contribution in [2.75, 3.05) is 7.11 Å². The summed E-state index contributed by atoms with van der Waals surface area (Å²) in [5, 5.41) is 8.84. The molecule has 0 aliphatic heterocycles. The van der Waals surface area contributed by atoms with Crippen LogP contribution in [0.3, 0.4) is 0 Å². The van der Waals surface area contributed by atoms with Crippen LogP contribution in [0.1, 0.15) is 11.1 Å². The lowest BCUT2D eigenvalue weighted by Crippen LogP contribution is -2.05. The zero-order valence-corrected chi connectivity index (χ0v) is 8.73. The molecule has 0 amide bonds. The van der Waals surface area contributed by atoms with Gasteiger partial charge in [-0.05, 0) is 18.6 Å². The molecule has 65 valence electrons. The summed E-state index contributed by atoms with van der Waals surface area (Å²) in [7, 11) is 1.58. The number of hydrogen-bond acceptors (Lipinski definition) is 3. The zero-order chi connectivity index (χ0) is 9.68. The van der Waals surface area contributed by atoms with Gasteiger partial charge in [0.05, 0.1) is 11.3 Å². The number of hydrogen-bond donors (Lipinski definition) is 0. The highest BCUT2D eigenvalue weighted by Crippen LogP contribution is 2.20. The Kier molecular flexibility index (Phi) is 3.79. The van der Waals surface area contributed by atoms with E-state index in [2.05, 4.69) is 6.07 Å². The van der Waals surface area contributed by atoms with Crippen LogP contribution in [-0.2, 0) is 3.79 Å². The summed E-state index contributed by atoms with van der Waals surface area (Å²) in [4.78, 5) is 0. The van der Waals surface area contributed by atoms with E-state index in [1.165, 1.54) is 0 Å². The Hall–Kier alpha value is -0.998. The van der Waals surface area contributed by atoms with E-state index in [0.717, 1.165) is 5.56 Å². The maximum absolute atomic E-state index is 8.84. The van der Waals surface area contributed by atoms with Crippen LogP contribution in [0.25, 0.3) is 0 Å². The summed E-state index contributed by atoms with van der Waals surface area (Å²) < 4.78 is 10.1. The number of nitrogens with zero attached hydrogens (tertiary/aromatic N) is 1. The van der Waals surface area contributed by atoms with Gasteiger partial charge in [-0.15, -0.1) is 0 Å². The molecule has 0 saturated heterocycles. The molecule has 3 nitrogen and oxygen atoms in total. The first-order valence-corrected chi connectivity index (χ1v) is 4.74. The molecule has 13 heavy (non-hydrogen) atoms. The van der Waals surface area contributed by atoms with E-state index in [-0.39, 0.29) is 0 Å². The molecular formula is C9H9AlNO2. The Morgan fingerprint density at radius 2 is 2.23 bits per heavy atom. The third kappa shape index (κ3) is 2.47. The highest BCUT2D eigenvalue weighted by Gasteiger charge is 2.06. The predicted octanol–water partition coefficient (Wildman–Crippen LogP) is 1.43. The smallest absolute Gasteiger partial charge is 0.625 e. The third-order valence-electron chi connectivity index (χ3n) is 1.62. The molecular weight excluding hydrogens is 181 g/mol. The van der Waals surface area contributed by atoms with Crippen LogP contribution in [0.15, 0.2) is 18.2 Å². The van der Waals surface area contributed by atoms with Crippen LogP contribution in [0.4, 0.5) is 0 Å². The molecule has 0 N–H and O–H groups in total. The van der Waals surface area contributed by atoms with Gasteiger partial charge in [0.25, 0.3) is 0 Å². The maximum Gasteiger partial charge on any atom is 0.774 e. The second kappa shape index (κ2) is 4.89. The van der Waals surface area contributed by atoms with Gasteiger partial charge in [0.2, 0.25) is 0 Å². The number of rotatable bonds is 3. The maximum atomic E-state index is 8.84. The van der Waals surface area contributed by atoms with Crippen LogP contribution < -0.4 is 3.79 Å². The summed E-state index contributed by atoms with van der Waals surface area (Å²) in [6.45, 7) is 1.88. The first-order chi connectivity index (χ1) is 6.29. The molecule has 0 spiro atoms. The Bertz CT molecular complexity index is 333. The normalized spacial score (nSPS) is 9.00. The van der Waals surface area contributed by atoms with Gasteiger partial charge >= 0.3 is 15.9 Å². The second-order valence-electron chi connectivity index (χ2n) is 2.51. The van der Waals surface area contributed by atoms with E-state index in [4.69, 9.17) is 12.8 Å². The fourth-order valence-electron chi connectivity index (χ4n) is 0.982. The molecule has 1 radical (unpaired) electrons. The summed E-state index contributed by atoms with van der Waals surface area (Å²) in [6, 6.07) is 7.63. The van der Waals surface area contributed by atoms with Crippen LogP contribution in [0, 0.1) is 18.3 Å². The fraction of sp³-hybridized carbons (Fsp3) is 0.222. The molecule has 1 aromatic rings. The van der Waals surface area contributed by atoms with Crippen molar-refractivity contribution >= 4 is 15.9 Å². The van der Waals surface area contributed by atoms with E-state index in [1.54, 1.807) is 13.2 Å². The SMILES string of the molecule is C[O][Al][O]c1cccc(C)c1C#N. The van der Waals surface area contributed by atoms with E-state index < -0.39 is 15.9 Å². The zero-order valence-electron chi connectivity index (χ0n) is 7.57. The Morgan fingerprint density at radius 3 is 2.85 bits per heavy atom. The summed E-state index contributed by atoms with van der Waals surface area (Å²) in [6.07, 6.45) is 0. The van der Waals surface area contributed by atoms with Gasteiger partial charge < -0.3 is 7.58 Å². The minimum atomic E-state index is -0.519. The van der Waals surface area contributed by atoms with Gasteiger partial charge in [-0.2, -0.15) is 5.26 Å². The lowest BCUT2D eigenvalue weighted by atomic mass is 10.1. The number of aryl methyl sites for hydroxylation is 1. The van der Waals surface area contributed by atoms with Gasteiger partial charge in [-0.3, -0.25) is 0 Å². The number of benzene rings is 1. The molecule has 4 heteroatoms. The molecule has 0 fully saturated rings. The van der Waals surface area contributed by atoms with Gasteiger partial charge in [0, 0.05) is 7.11 Å². The van der Waals surface area contributed by atoms with Crippen molar-refractivity contribution in [1.82, 2.24) is 0 Å². The Morgan fingerprint density at radius 1 is 1.46 bits per heavy atom. The molecule has 0 bridgehead atoms. The van der Waals surface area contributed by atoms with Crippen molar-refractivity contribution in [3.63, 3.8) is 0 Å². The minimum Gasteiger partial charge on any atom is -0.625 e. The van der Waals surface area contributed by atoms with E-state index in [0.29, 0.717) is 11.3 Å². The van der Waals surface area contributed by atoms with Gasteiger partial charge in [0.15, 0.2) is 0 Å². The van der Waals surface area contributed by atoms with Gasteiger partial charge in [-0.25, -0.2) is 0 Å². The van der Waals surface area contributed by atoms with Crippen molar-refractivity contribution in [3.8, 4) is 11.8 Å². The highest BCUT2D eigenvalue weighted by atomic mass is 27.2. The largest absolute Gasteiger partial charge is 0.774 e. The lowest BCUT2D eigenvalue weighted by molar-refractivity contribution is 0.365. The predicted molar refractivity (Wildman–Crippen MR) is 49.3 cm³/mol. The van der Waals surface area contributed by atoms with E-state index >= 15 is 0 Å². The van der Waals surface area contributed by atoms with Crippen molar-refractivity contribution < 1.29 is 7.58 Å². The third-order valence-corrected chi connectivity index (χ3v) is 2.16. The summed E-state index contributed by atoms with van der Waals surface area (Å²) >= 11 is -0.519. The van der Waals surface area contributed by atoms with Gasteiger partial charge in [-0.1, -0.05) is 12.1 Å². The van der Waals surface area contributed by atoms with Crippen LogP contribution in [0.5, 0.6) is 5.75 Å². The van der Waals surface area contributed by atoms with E-state index in [1.807, 2.05) is 19.1 Å². The van der Waals surface area contributed by atoms with Crippen molar-refractivity contribution in [1.29, 1.82) is 5.26 Å². The fourth-order valence-corrected chi connectivity index (χ4v) is 1.38. The standard InChI is InChI=1S/C8H7NO.CH3O.Al/c1-6-3-2-4-8(10)7(6)5-9;1-2;/h2-4,10H,1H3;1H3;/q;-1;+2/p-1. The highest BCUT2D eigenvalue weighted by molar-refractivity contribution is 6.19. The topological polar surface area (TPSA) is 42.2 Å². The summed E-state index contributed by atoms with van der Waals surface area (Å²) in [5.41, 5.74) is 1.52. The van der Waals surface area contributed by atoms with Crippen LogP contribution >= 0.6 is 0 Å². The molecule has 0 heterocycles. The second-order valence-corrected chi connectivity index (χ2v) is 3.41. The minimum absolute atomic E-state index is 0.519. The van der Waals surface area contributed by atoms with Crippen molar-refractivity contribution in [2.45, 2.75) is 6.92 Å². The molecule has 1 aromatic carbocycles. The van der Waals surface area contributed by atoms with Crippen LogP contribution in [-0.4, -0.2) is 23.0 Å². The van der Waals surface area contributed by atoms with Crippen molar-refractivity contribution in [2.24, 2.45) is 0 Å². The Balaban J connectivity index is 2.93. The number of nitriles is 1. The summed E-state index contributed by atoms with van der Waals surface area (Å²) in [5.74, 6) is 0.611. The van der Waals surface area contributed by atoms with Crippen molar-refractivity contribution in [3.05, 3.63) is 29.3 Å². The average Bonchev–Trinajstić information content (AvgIpc) is 2.15. The molecule has 0 saturated carbocycles. The molecule has 1 rings (SSSR count). The molecule has 0 aliphatic carbocycles. The quantitative estimate of drug-likeness (QED) is 0.677. The monoisotopic (exact) mass is 190 g/mol. The molecule has 0 unspecified atom stereocenters. The lowest BCUT2D eigenvalue weighted by Gasteiger charge is -2.07. The van der Waals surface area contributed by atoms with E-state index in [9.17, 15) is 0 Å². The molecule has 0 atom stereocenters. The molecule has 0 aromatic heterocycles. The first kappa shape index (κ1) is 10.1. The van der Waals surface area contributed by atoms with Crippen LogP contribution in [0.2, 0.25) is 0 Å². The molecule has 0 aliphatic rings. The van der Waals surface area contributed by atoms with Gasteiger partial charge in [0.1, 0.15) is 6.07 Å².